The van der Waals surface area contributed by atoms with Crippen molar-refractivity contribution in [1.29, 1.82) is 0 Å². The Morgan fingerprint density at radius 1 is 1.21 bits per heavy atom. The third-order valence-corrected chi connectivity index (χ3v) is 5.45. The van der Waals surface area contributed by atoms with E-state index in [1.807, 2.05) is 18.2 Å². The van der Waals surface area contributed by atoms with E-state index in [2.05, 4.69) is 10.0 Å². The smallest absolute Gasteiger partial charge is 0.223 e. The van der Waals surface area contributed by atoms with E-state index in [1.54, 1.807) is 19.9 Å². The molecule has 0 aliphatic carbocycles. The van der Waals surface area contributed by atoms with E-state index in [0.717, 1.165) is 18.4 Å². The highest BCUT2D eigenvalue weighted by Crippen LogP contribution is 2.16. The highest BCUT2D eigenvalue weighted by Gasteiger charge is 2.21. The molecule has 7 heteroatoms. The first-order chi connectivity index (χ1) is 11.4. The molecule has 134 valence electrons. The lowest BCUT2D eigenvalue weighted by Gasteiger charge is -2.21. The number of rotatable bonds is 7. The molecule has 1 heterocycles. The maximum Gasteiger partial charge on any atom is 0.223 e. The highest BCUT2D eigenvalue weighted by atomic mass is 32.2. The first-order valence-corrected chi connectivity index (χ1v) is 9.95. The molecule has 0 atom stereocenters. The molecule has 24 heavy (non-hydrogen) atoms. The topological polar surface area (TPSA) is 84.5 Å². The summed E-state index contributed by atoms with van der Waals surface area (Å²) in [7, 11) is -3.39. The first kappa shape index (κ1) is 18.9. The van der Waals surface area contributed by atoms with Crippen molar-refractivity contribution in [3.63, 3.8) is 0 Å². The summed E-state index contributed by atoms with van der Waals surface area (Å²) in [5.41, 5.74) is 1.53. The Bertz CT molecular complexity index is 652. The van der Waals surface area contributed by atoms with E-state index in [9.17, 15) is 13.2 Å². The van der Waals surface area contributed by atoms with Crippen molar-refractivity contribution >= 4 is 15.9 Å². The normalized spacial score (nSPS) is 16.3. The van der Waals surface area contributed by atoms with Gasteiger partial charge in [0.25, 0.3) is 0 Å². The molecule has 0 unspecified atom stereocenters. The van der Waals surface area contributed by atoms with Crippen LogP contribution in [0.3, 0.4) is 0 Å². The quantitative estimate of drug-likeness (QED) is 0.778. The van der Waals surface area contributed by atoms with Gasteiger partial charge < -0.3 is 10.1 Å². The van der Waals surface area contributed by atoms with Gasteiger partial charge in [0, 0.05) is 31.7 Å². The van der Waals surface area contributed by atoms with Crippen molar-refractivity contribution in [2.45, 2.75) is 45.0 Å². The van der Waals surface area contributed by atoms with E-state index in [0.29, 0.717) is 25.3 Å². The summed E-state index contributed by atoms with van der Waals surface area (Å²) in [5.74, 6) is -0.0948. The van der Waals surface area contributed by atoms with Gasteiger partial charge in [0.2, 0.25) is 15.9 Å². The molecule has 1 saturated heterocycles. The van der Waals surface area contributed by atoms with Crippen LogP contribution in [-0.4, -0.2) is 33.6 Å². The van der Waals surface area contributed by atoms with E-state index in [-0.39, 0.29) is 23.6 Å². The summed E-state index contributed by atoms with van der Waals surface area (Å²) in [6.45, 7) is 5.15. The zero-order chi connectivity index (χ0) is 17.6. The van der Waals surface area contributed by atoms with Gasteiger partial charge in [-0.3, -0.25) is 4.79 Å². The van der Waals surface area contributed by atoms with Crippen LogP contribution in [0.25, 0.3) is 0 Å². The number of amides is 1. The summed E-state index contributed by atoms with van der Waals surface area (Å²) in [5, 5.41) is 2.93. The van der Waals surface area contributed by atoms with Crippen LogP contribution in [0.5, 0.6) is 0 Å². The third kappa shape index (κ3) is 5.89. The Labute approximate surface area is 144 Å². The molecule has 1 aromatic carbocycles. The maximum atomic E-state index is 12.2. The molecular weight excluding hydrogens is 328 g/mol. The summed E-state index contributed by atoms with van der Waals surface area (Å²) in [6.07, 6.45) is 1.47. The van der Waals surface area contributed by atoms with Crippen LogP contribution in [0.2, 0.25) is 0 Å². The van der Waals surface area contributed by atoms with Gasteiger partial charge in [0.15, 0.2) is 0 Å². The molecule has 2 N–H and O–H groups in total. The number of nitrogens with one attached hydrogen (secondary N) is 2. The second kappa shape index (κ2) is 8.60. The molecule has 0 saturated carbocycles. The summed E-state index contributed by atoms with van der Waals surface area (Å²) >= 11 is 0. The fraction of sp³-hybridized carbons (Fsp3) is 0.588. The number of sulfonamides is 1. The average Bonchev–Trinajstić information content (AvgIpc) is 2.53. The number of hydrogen-bond acceptors (Lipinski definition) is 4. The van der Waals surface area contributed by atoms with Gasteiger partial charge in [-0.05, 0) is 37.8 Å². The SMILES string of the molecule is CC(C)NS(=O)(=O)Cc1ccccc1CNC(=O)C1CCOCC1. The lowest BCUT2D eigenvalue weighted by Crippen LogP contribution is -2.34. The molecule has 6 nitrogen and oxygen atoms in total. The molecule has 1 aliphatic rings. The van der Waals surface area contributed by atoms with Crippen LogP contribution in [0.15, 0.2) is 24.3 Å². The molecule has 2 rings (SSSR count). The minimum atomic E-state index is -3.39. The number of ether oxygens (including phenoxy) is 1. The van der Waals surface area contributed by atoms with Gasteiger partial charge in [-0.15, -0.1) is 0 Å². The lowest BCUT2D eigenvalue weighted by atomic mass is 9.99. The Balaban J connectivity index is 1.99. The summed E-state index contributed by atoms with van der Waals surface area (Å²) in [4.78, 5) is 12.2. The maximum absolute atomic E-state index is 12.2. The zero-order valence-corrected chi connectivity index (χ0v) is 15.1. The summed E-state index contributed by atoms with van der Waals surface area (Å²) in [6, 6.07) is 7.15. The van der Waals surface area contributed by atoms with Gasteiger partial charge in [0.05, 0.1) is 5.75 Å². The van der Waals surface area contributed by atoms with Crippen LogP contribution in [0.1, 0.15) is 37.8 Å². The summed E-state index contributed by atoms with van der Waals surface area (Å²) < 4.78 is 32.1. The van der Waals surface area contributed by atoms with Crippen molar-refractivity contribution in [1.82, 2.24) is 10.0 Å². The Morgan fingerprint density at radius 2 is 1.83 bits per heavy atom. The van der Waals surface area contributed by atoms with E-state index in [1.165, 1.54) is 0 Å². The Morgan fingerprint density at radius 3 is 2.46 bits per heavy atom. The van der Waals surface area contributed by atoms with Gasteiger partial charge in [-0.2, -0.15) is 0 Å². The first-order valence-electron chi connectivity index (χ1n) is 8.29. The average molecular weight is 354 g/mol. The molecular formula is C17H26N2O4S. The fourth-order valence-electron chi connectivity index (χ4n) is 2.76. The minimum Gasteiger partial charge on any atom is -0.381 e. The molecule has 1 amide bonds. The monoisotopic (exact) mass is 354 g/mol. The van der Waals surface area contributed by atoms with Crippen LogP contribution in [-0.2, 0) is 31.9 Å². The molecule has 1 aliphatic heterocycles. The van der Waals surface area contributed by atoms with Crippen molar-refractivity contribution in [3.05, 3.63) is 35.4 Å². The number of carbonyl (C=O) groups excluding carboxylic acids is 1. The third-order valence-electron chi connectivity index (χ3n) is 3.92. The van der Waals surface area contributed by atoms with Crippen LogP contribution in [0, 0.1) is 5.92 Å². The van der Waals surface area contributed by atoms with Gasteiger partial charge in [-0.25, -0.2) is 13.1 Å². The molecule has 0 aromatic heterocycles. The second-order valence-electron chi connectivity index (χ2n) is 6.40. The van der Waals surface area contributed by atoms with Crippen molar-refractivity contribution in [2.24, 2.45) is 5.92 Å². The second-order valence-corrected chi connectivity index (χ2v) is 8.16. The Hall–Kier alpha value is -1.44. The lowest BCUT2D eigenvalue weighted by molar-refractivity contribution is -0.128. The van der Waals surface area contributed by atoms with Crippen molar-refractivity contribution in [3.8, 4) is 0 Å². The predicted molar refractivity (Wildman–Crippen MR) is 92.7 cm³/mol. The van der Waals surface area contributed by atoms with Crippen LogP contribution >= 0.6 is 0 Å². The fourth-order valence-corrected chi connectivity index (χ4v) is 4.26. The molecule has 1 fully saturated rings. The molecule has 1 aromatic rings. The Kier molecular flexibility index (Phi) is 6.77. The van der Waals surface area contributed by atoms with E-state index in [4.69, 9.17) is 4.74 Å². The van der Waals surface area contributed by atoms with Gasteiger partial charge >= 0.3 is 0 Å². The van der Waals surface area contributed by atoms with Crippen molar-refractivity contribution in [2.75, 3.05) is 13.2 Å². The highest BCUT2D eigenvalue weighted by molar-refractivity contribution is 7.88. The molecule has 0 bridgehead atoms. The predicted octanol–water partition coefficient (Wildman–Crippen LogP) is 1.56. The zero-order valence-electron chi connectivity index (χ0n) is 14.2. The number of carbonyl (C=O) groups is 1. The van der Waals surface area contributed by atoms with Gasteiger partial charge in [-0.1, -0.05) is 24.3 Å². The van der Waals surface area contributed by atoms with Gasteiger partial charge in [0.1, 0.15) is 0 Å². The largest absolute Gasteiger partial charge is 0.381 e. The van der Waals surface area contributed by atoms with E-state index >= 15 is 0 Å². The standard InChI is InChI=1S/C17H26N2O4S/c1-13(2)19-24(21,22)12-16-6-4-3-5-15(16)11-18-17(20)14-7-9-23-10-8-14/h3-6,13-14,19H,7-12H2,1-2H3,(H,18,20). The van der Waals surface area contributed by atoms with Crippen LogP contribution in [0.4, 0.5) is 0 Å². The number of benzene rings is 1. The van der Waals surface area contributed by atoms with E-state index < -0.39 is 10.0 Å². The minimum absolute atomic E-state index is 0.0104. The van der Waals surface area contributed by atoms with Crippen LogP contribution < -0.4 is 10.0 Å². The van der Waals surface area contributed by atoms with Crippen molar-refractivity contribution < 1.29 is 17.9 Å². The number of hydrogen-bond donors (Lipinski definition) is 2. The molecule has 0 spiro atoms. The molecule has 0 radical (unpaired) electrons.